The highest BCUT2D eigenvalue weighted by Crippen LogP contribution is 2.34. The highest BCUT2D eigenvalue weighted by atomic mass is 19.3. The number of benzene rings is 3. The van der Waals surface area contributed by atoms with Crippen molar-refractivity contribution in [3.8, 4) is 0 Å². The Balaban J connectivity index is 1.26. The molecule has 0 spiro atoms. The lowest BCUT2D eigenvalue weighted by Gasteiger charge is -2.31. The van der Waals surface area contributed by atoms with E-state index in [2.05, 4.69) is 0 Å². The highest BCUT2D eigenvalue weighted by Gasteiger charge is 2.32. The first kappa shape index (κ1) is 24.6. The number of rotatable bonds is 8. The molecule has 1 saturated heterocycles. The monoisotopic (exact) mass is 493 g/mol. The lowest BCUT2D eigenvalue weighted by atomic mass is 9.89. The SMILES string of the molecule is NCc1ccc(F)c(C2CCN(OCc3cn(CC(F)(F)c4ccccc4)c4ccccc34)CC2)c1. The third kappa shape index (κ3) is 5.19. The van der Waals surface area contributed by atoms with Crippen molar-refractivity contribution >= 4 is 10.9 Å². The third-order valence-corrected chi connectivity index (χ3v) is 7.03. The summed E-state index contributed by atoms with van der Waals surface area (Å²) in [5.74, 6) is -3.07. The van der Waals surface area contributed by atoms with E-state index in [1.165, 1.54) is 18.2 Å². The molecule has 4 aromatic rings. The van der Waals surface area contributed by atoms with Crippen molar-refractivity contribution in [1.29, 1.82) is 0 Å². The van der Waals surface area contributed by atoms with E-state index in [0.29, 0.717) is 19.6 Å². The van der Waals surface area contributed by atoms with Crippen molar-refractivity contribution < 1.29 is 18.0 Å². The van der Waals surface area contributed by atoms with Crippen LogP contribution in [0.2, 0.25) is 0 Å². The number of hydrogen-bond acceptors (Lipinski definition) is 3. The van der Waals surface area contributed by atoms with Crippen LogP contribution in [-0.2, 0) is 30.5 Å². The smallest absolute Gasteiger partial charge is 0.290 e. The molecule has 1 aliphatic rings. The Morgan fingerprint density at radius 2 is 1.67 bits per heavy atom. The lowest BCUT2D eigenvalue weighted by molar-refractivity contribution is -0.180. The Labute approximate surface area is 209 Å². The topological polar surface area (TPSA) is 43.4 Å². The van der Waals surface area contributed by atoms with Gasteiger partial charge in [0, 0.05) is 47.9 Å². The molecule has 0 aliphatic carbocycles. The van der Waals surface area contributed by atoms with E-state index in [1.54, 1.807) is 35.0 Å². The Kier molecular flexibility index (Phi) is 7.14. The summed E-state index contributed by atoms with van der Waals surface area (Å²) in [7, 11) is 0. The van der Waals surface area contributed by atoms with Crippen LogP contribution in [0.4, 0.5) is 13.2 Å². The zero-order valence-electron chi connectivity index (χ0n) is 20.0. The first-order valence-corrected chi connectivity index (χ1v) is 12.3. The highest BCUT2D eigenvalue weighted by molar-refractivity contribution is 5.83. The summed E-state index contributed by atoms with van der Waals surface area (Å²) >= 11 is 0. The Hall–Kier alpha value is -3.13. The molecule has 1 aliphatic heterocycles. The fourth-order valence-electron chi connectivity index (χ4n) is 5.05. The standard InChI is InChI=1S/C29H30F3N3O/c30-27-11-10-21(17-33)16-26(27)22-12-14-35(15-13-22)36-19-23-18-34(28-9-5-4-8-25(23)28)20-29(31,32)24-6-2-1-3-7-24/h1-11,16,18,22H,12-15,17,19-20,33H2. The second kappa shape index (κ2) is 10.5. The summed E-state index contributed by atoms with van der Waals surface area (Å²) in [6.45, 7) is 1.56. The average molecular weight is 494 g/mol. The fraction of sp³-hybridized carbons (Fsp3) is 0.310. The molecule has 3 aromatic carbocycles. The van der Waals surface area contributed by atoms with Gasteiger partial charge in [-0.2, -0.15) is 13.8 Å². The van der Waals surface area contributed by atoms with Crippen LogP contribution in [0.3, 0.4) is 0 Å². The molecule has 0 saturated carbocycles. The van der Waals surface area contributed by atoms with E-state index in [1.807, 2.05) is 35.4 Å². The summed E-state index contributed by atoms with van der Waals surface area (Å²) in [5.41, 5.74) is 8.99. The molecule has 0 unspecified atom stereocenters. The van der Waals surface area contributed by atoms with Gasteiger partial charge in [-0.25, -0.2) is 4.39 Å². The molecule has 7 heteroatoms. The molecule has 5 rings (SSSR count). The molecule has 0 amide bonds. The molecule has 4 nitrogen and oxygen atoms in total. The quantitative estimate of drug-likeness (QED) is 0.311. The van der Waals surface area contributed by atoms with Crippen LogP contribution in [0.25, 0.3) is 10.9 Å². The Bertz CT molecular complexity index is 1310. The van der Waals surface area contributed by atoms with E-state index in [-0.39, 0.29) is 23.9 Å². The van der Waals surface area contributed by atoms with Crippen LogP contribution in [0, 0.1) is 5.82 Å². The number of aromatic nitrogens is 1. The number of nitrogens with zero attached hydrogens (tertiary/aromatic N) is 2. The maximum atomic E-state index is 15.0. The molecule has 36 heavy (non-hydrogen) atoms. The summed E-state index contributed by atoms with van der Waals surface area (Å²) in [5, 5.41) is 2.79. The average Bonchev–Trinajstić information content (AvgIpc) is 3.25. The maximum Gasteiger partial charge on any atom is 0.290 e. The number of hydrogen-bond donors (Lipinski definition) is 1. The number of fused-ring (bicyclic) bond motifs is 1. The van der Waals surface area contributed by atoms with Crippen molar-refractivity contribution in [3.63, 3.8) is 0 Å². The van der Waals surface area contributed by atoms with Gasteiger partial charge < -0.3 is 10.3 Å². The van der Waals surface area contributed by atoms with E-state index >= 15 is 8.78 Å². The van der Waals surface area contributed by atoms with Gasteiger partial charge in [-0.1, -0.05) is 60.7 Å². The summed E-state index contributed by atoms with van der Waals surface area (Å²) in [4.78, 5) is 6.08. The molecule has 188 valence electrons. The molecule has 0 radical (unpaired) electrons. The minimum absolute atomic E-state index is 0.00288. The number of hydroxylamine groups is 2. The molecule has 0 bridgehead atoms. The molecule has 2 N–H and O–H groups in total. The first-order chi connectivity index (χ1) is 17.4. The molecule has 1 aromatic heterocycles. The summed E-state index contributed by atoms with van der Waals surface area (Å²) in [6.07, 6.45) is 3.31. The largest absolute Gasteiger partial charge is 0.341 e. The molecule has 0 atom stereocenters. The normalized spacial score (nSPS) is 15.6. The molecule has 1 fully saturated rings. The van der Waals surface area contributed by atoms with E-state index in [0.717, 1.165) is 40.4 Å². The van der Waals surface area contributed by atoms with Crippen molar-refractivity contribution in [2.75, 3.05) is 13.1 Å². The van der Waals surface area contributed by atoms with Gasteiger partial charge in [-0.05, 0) is 42.0 Å². The minimum atomic E-state index is -3.00. The fourth-order valence-corrected chi connectivity index (χ4v) is 5.05. The maximum absolute atomic E-state index is 15.0. The van der Waals surface area contributed by atoms with Crippen molar-refractivity contribution in [3.05, 3.63) is 107 Å². The predicted molar refractivity (Wildman–Crippen MR) is 135 cm³/mol. The van der Waals surface area contributed by atoms with Gasteiger partial charge in [0.1, 0.15) is 5.82 Å². The molecular formula is C29H30F3N3O. The minimum Gasteiger partial charge on any atom is -0.341 e. The molecular weight excluding hydrogens is 463 g/mol. The number of para-hydroxylation sites is 1. The van der Waals surface area contributed by atoms with Crippen LogP contribution in [0.1, 0.15) is 41.0 Å². The van der Waals surface area contributed by atoms with Gasteiger partial charge in [0.25, 0.3) is 5.92 Å². The van der Waals surface area contributed by atoms with Crippen molar-refractivity contribution in [2.45, 2.75) is 44.4 Å². The second-order valence-corrected chi connectivity index (χ2v) is 9.41. The Morgan fingerprint density at radius 1 is 0.944 bits per heavy atom. The van der Waals surface area contributed by atoms with Gasteiger partial charge in [-0.3, -0.25) is 4.84 Å². The van der Waals surface area contributed by atoms with E-state index < -0.39 is 12.5 Å². The van der Waals surface area contributed by atoms with Gasteiger partial charge in [-0.15, -0.1) is 0 Å². The third-order valence-electron chi connectivity index (χ3n) is 7.03. The van der Waals surface area contributed by atoms with Crippen LogP contribution < -0.4 is 5.73 Å². The number of halogens is 3. The van der Waals surface area contributed by atoms with Crippen LogP contribution in [0.5, 0.6) is 0 Å². The number of piperidine rings is 1. The zero-order valence-corrected chi connectivity index (χ0v) is 20.0. The van der Waals surface area contributed by atoms with Crippen LogP contribution in [0.15, 0.2) is 79.0 Å². The van der Waals surface area contributed by atoms with Crippen molar-refractivity contribution in [2.24, 2.45) is 5.73 Å². The van der Waals surface area contributed by atoms with Gasteiger partial charge in [0.05, 0.1) is 13.2 Å². The van der Waals surface area contributed by atoms with Crippen LogP contribution in [-0.4, -0.2) is 22.7 Å². The van der Waals surface area contributed by atoms with Gasteiger partial charge in [0.15, 0.2) is 0 Å². The van der Waals surface area contributed by atoms with Gasteiger partial charge >= 0.3 is 0 Å². The zero-order chi connectivity index (χ0) is 25.1. The van der Waals surface area contributed by atoms with Crippen LogP contribution >= 0.6 is 0 Å². The van der Waals surface area contributed by atoms with Gasteiger partial charge in [0.2, 0.25) is 0 Å². The van der Waals surface area contributed by atoms with Crippen molar-refractivity contribution in [1.82, 2.24) is 9.63 Å². The number of nitrogens with two attached hydrogens (primary N) is 1. The van der Waals surface area contributed by atoms with E-state index in [4.69, 9.17) is 10.6 Å². The van der Waals surface area contributed by atoms with E-state index in [9.17, 15) is 4.39 Å². The Morgan fingerprint density at radius 3 is 2.42 bits per heavy atom. The summed E-state index contributed by atoms with van der Waals surface area (Å²) < 4.78 is 46.0. The second-order valence-electron chi connectivity index (χ2n) is 9.41. The summed E-state index contributed by atoms with van der Waals surface area (Å²) in [6, 6.07) is 20.5. The lowest BCUT2D eigenvalue weighted by Crippen LogP contribution is -2.33. The molecule has 2 heterocycles. The predicted octanol–water partition coefficient (Wildman–Crippen LogP) is 6.34. The first-order valence-electron chi connectivity index (χ1n) is 12.3. The number of alkyl halides is 2.